The summed E-state index contributed by atoms with van der Waals surface area (Å²) in [7, 11) is -4.15. The molecule has 0 radical (unpaired) electrons. The zero-order valence-corrected chi connectivity index (χ0v) is 18.3. The third-order valence-electron chi connectivity index (χ3n) is 4.90. The molecule has 0 aromatic carbocycles. The summed E-state index contributed by atoms with van der Waals surface area (Å²) in [6.45, 7) is 8.60. The maximum atomic E-state index is 11.5. The molecule has 0 N–H and O–H groups in total. The van der Waals surface area contributed by atoms with Gasteiger partial charge in [0.15, 0.2) is 0 Å². The molecule has 0 aromatic rings. The summed E-state index contributed by atoms with van der Waals surface area (Å²) in [5.41, 5.74) is 0. The molecule has 22 heavy (non-hydrogen) atoms. The Balaban J connectivity index is 0. The minimum Gasteiger partial charge on any atom is -0.748 e. The van der Waals surface area contributed by atoms with E-state index >= 15 is 0 Å². The number of hydrogen-bond acceptors (Lipinski definition) is 3. The van der Waals surface area contributed by atoms with Crippen molar-refractivity contribution in [3.63, 3.8) is 0 Å². The second kappa shape index (κ2) is 14.3. The van der Waals surface area contributed by atoms with Crippen molar-refractivity contribution in [3.8, 4) is 0 Å². The zero-order valence-electron chi connectivity index (χ0n) is 15.4. The van der Waals surface area contributed by atoms with Crippen LogP contribution in [0.15, 0.2) is 0 Å². The van der Waals surface area contributed by atoms with E-state index in [2.05, 4.69) is 27.7 Å². The van der Waals surface area contributed by atoms with Crippen LogP contribution in [-0.2, 0) is 10.1 Å². The number of rotatable bonds is 13. The maximum absolute atomic E-state index is 11.5. The summed E-state index contributed by atoms with van der Waals surface area (Å²) in [5.74, 6) is 1.12. The minimum absolute atomic E-state index is 0. The molecule has 0 rings (SSSR count). The second-order valence-electron chi connectivity index (χ2n) is 6.37. The summed E-state index contributed by atoms with van der Waals surface area (Å²) in [5, 5.41) is -0.672. The summed E-state index contributed by atoms with van der Waals surface area (Å²) in [4.78, 5) is 0. The van der Waals surface area contributed by atoms with Crippen molar-refractivity contribution in [2.24, 2.45) is 11.8 Å². The molecule has 0 spiro atoms. The first-order valence-corrected chi connectivity index (χ1v) is 10.3. The predicted molar refractivity (Wildman–Crippen MR) is 89.3 cm³/mol. The van der Waals surface area contributed by atoms with Gasteiger partial charge in [0.25, 0.3) is 0 Å². The van der Waals surface area contributed by atoms with Gasteiger partial charge in [-0.05, 0) is 37.5 Å². The Morgan fingerprint density at radius 2 is 1.23 bits per heavy atom. The van der Waals surface area contributed by atoms with E-state index in [1.807, 2.05) is 0 Å². The Labute approximate surface area is 161 Å². The molecule has 0 aromatic heterocycles. The molecule has 5 heteroatoms. The van der Waals surface area contributed by atoms with E-state index in [-0.39, 0.29) is 29.6 Å². The summed E-state index contributed by atoms with van der Waals surface area (Å²) < 4.78 is 34.4. The molecular weight excluding hydrogens is 307 g/mol. The van der Waals surface area contributed by atoms with Gasteiger partial charge in [0.2, 0.25) is 0 Å². The fourth-order valence-electron chi connectivity index (χ4n) is 3.02. The average Bonchev–Trinajstić information content (AvgIpc) is 2.44. The molecule has 3 nitrogen and oxygen atoms in total. The molecule has 2 unspecified atom stereocenters. The van der Waals surface area contributed by atoms with Gasteiger partial charge in [0, 0.05) is 5.25 Å². The summed E-state index contributed by atoms with van der Waals surface area (Å²) in [6, 6.07) is 0. The van der Waals surface area contributed by atoms with Crippen molar-refractivity contribution >= 4 is 10.1 Å². The van der Waals surface area contributed by atoms with Crippen molar-refractivity contribution in [2.45, 2.75) is 97.2 Å². The quantitative estimate of drug-likeness (QED) is 0.380. The minimum atomic E-state index is -4.15. The van der Waals surface area contributed by atoms with E-state index in [1.165, 1.54) is 12.8 Å². The van der Waals surface area contributed by atoms with Crippen LogP contribution in [0.25, 0.3) is 0 Å². The molecule has 0 bridgehead atoms. The maximum Gasteiger partial charge on any atom is 1.00 e. The van der Waals surface area contributed by atoms with Crippen molar-refractivity contribution < 1.29 is 42.5 Å². The van der Waals surface area contributed by atoms with Crippen LogP contribution >= 0.6 is 0 Å². The van der Waals surface area contributed by atoms with E-state index < -0.39 is 15.4 Å². The fraction of sp³-hybridized carbons (Fsp3) is 1.00. The Morgan fingerprint density at radius 1 is 0.773 bits per heavy atom. The molecule has 2 atom stereocenters. The molecule has 0 saturated carbocycles. The molecule has 0 aliphatic carbocycles. The normalized spacial score (nSPS) is 14.6. The topological polar surface area (TPSA) is 57.2 Å². The molecule has 0 amide bonds. The van der Waals surface area contributed by atoms with Gasteiger partial charge < -0.3 is 4.55 Å². The van der Waals surface area contributed by atoms with Crippen LogP contribution in [0.4, 0.5) is 0 Å². The first-order chi connectivity index (χ1) is 9.88. The van der Waals surface area contributed by atoms with Gasteiger partial charge in [-0.25, -0.2) is 8.42 Å². The van der Waals surface area contributed by atoms with E-state index in [4.69, 9.17) is 0 Å². The smallest absolute Gasteiger partial charge is 0.748 e. The molecule has 0 aliphatic heterocycles. The van der Waals surface area contributed by atoms with Crippen LogP contribution in [-0.4, -0.2) is 18.2 Å². The Bertz CT molecular complexity index is 340. The largest absolute Gasteiger partial charge is 1.00 e. The fourth-order valence-corrected chi connectivity index (χ4v) is 3.87. The molecule has 0 fully saturated rings. The van der Waals surface area contributed by atoms with Crippen molar-refractivity contribution in [1.82, 2.24) is 0 Å². The Morgan fingerprint density at radius 3 is 1.59 bits per heavy atom. The summed E-state index contributed by atoms with van der Waals surface area (Å²) in [6.07, 6.45) is 9.58. The third kappa shape index (κ3) is 11.4. The monoisotopic (exact) mass is 342 g/mol. The van der Waals surface area contributed by atoms with Crippen LogP contribution in [0.5, 0.6) is 0 Å². The third-order valence-corrected chi connectivity index (χ3v) is 6.19. The second-order valence-corrected chi connectivity index (χ2v) is 8.02. The first kappa shape index (κ1) is 25.2. The predicted octanol–water partition coefficient (Wildman–Crippen LogP) is 2.12. The van der Waals surface area contributed by atoms with E-state index in [9.17, 15) is 13.0 Å². The van der Waals surface area contributed by atoms with Crippen LogP contribution in [0.1, 0.15) is 91.9 Å². The van der Waals surface area contributed by atoms with Crippen molar-refractivity contribution in [3.05, 3.63) is 0 Å². The van der Waals surface area contributed by atoms with Crippen LogP contribution in [0.3, 0.4) is 0 Å². The zero-order chi connectivity index (χ0) is 16.3. The number of hydrogen-bond donors (Lipinski definition) is 0. The van der Waals surface area contributed by atoms with Crippen molar-refractivity contribution in [2.75, 3.05) is 0 Å². The Hall–Kier alpha value is 0.910. The Kier molecular flexibility index (Phi) is 16.3. The van der Waals surface area contributed by atoms with E-state index in [0.29, 0.717) is 24.7 Å². The number of unbranched alkanes of at least 4 members (excludes halogenated alkanes) is 1. The molecule has 0 heterocycles. The summed E-state index contributed by atoms with van der Waals surface area (Å²) >= 11 is 0. The van der Waals surface area contributed by atoms with Crippen LogP contribution in [0, 0.1) is 11.8 Å². The standard InChI is InChI=1S/C17H36O3S.Na/c1-5-9-10-16(8-4)12-14-17(21(18,19)20)13-11-15(6-2)7-3;/h15-17H,5-14H2,1-4H3,(H,18,19,20);/q;+1/p-1. The van der Waals surface area contributed by atoms with Gasteiger partial charge in [-0.3, -0.25) is 0 Å². The van der Waals surface area contributed by atoms with Crippen LogP contribution < -0.4 is 29.6 Å². The van der Waals surface area contributed by atoms with E-state index in [0.717, 1.165) is 38.5 Å². The van der Waals surface area contributed by atoms with Crippen molar-refractivity contribution in [1.29, 1.82) is 0 Å². The molecule has 0 aliphatic rings. The van der Waals surface area contributed by atoms with Gasteiger partial charge in [0.05, 0.1) is 10.1 Å². The van der Waals surface area contributed by atoms with Crippen LogP contribution in [0.2, 0.25) is 0 Å². The first-order valence-electron chi connectivity index (χ1n) is 8.83. The van der Waals surface area contributed by atoms with Gasteiger partial charge in [-0.1, -0.05) is 66.2 Å². The van der Waals surface area contributed by atoms with Gasteiger partial charge >= 0.3 is 29.6 Å². The molecule has 0 saturated heterocycles. The SMILES string of the molecule is CCCCC(CC)CCC(CCC(CC)CC)S(=O)(=O)[O-].[Na+]. The molecule has 128 valence electrons. The average molecular weight is 343 g/mol. The van der Waals surface area contributed by atoms with Gasteiger partial charge in [-0.2, -0.15) is 0 Å². The van der Waals surface area contributed by atoms with Gasteiger partial charge in [0.1, 0.15) is 0 Å². The van der Waals surface area contributed by atoms with Gasteiger partial charge in [-0.15, -0.1) is 0 Å². The molecular formula is C17H35NaO3S. The van der Waals surface area contributed by atoms with E-state index in [1.54, 1.807) is 0 Å².